The summed E-state index contributed by atoms with van der Waals surface area (Å²) in [5.41, 5.74) is 1.81. The SMILES string of the molecule is Cc1nnc2ccc(N3CCC(OCc4ccc(Cl)c(Cl)c4)CC3)nn12. The van der Waals surface area contributed by atoms with Crippen LogP contribution in [0.25, 0.3) is 5.65 Å². The first-order chi connectivity index (χ1) is 12.6. The molecule has 136 valence electrons. The predicted molar refractivity (Wildman–Crippen MR) is 102 cm³/mol. The molecule has 4 rings (SSSR count). The summed E-state index contributed by atoms with van der Waals surface area (Å²) in [6, 6.07) is 9.57. The molecule has 0 bridgehead atoms. The lowest BCUT2D eigenvalue weighted by molar-refractivity contribution is 0.0250. The van der Waals surface area contributed by atoms with Gasteiger partial charge in [-0.1, -0.05) is 29.3 Å². The highest BCUT2D eigenvalue weighted by molar-refractivity contribution is 6.42. The van der Waals surface area contributed by atoms with E-state index in [1.807, 2.05) is 31.2 Å². The quantitative estimate of drug-likeness (QED) is 0.674. The van der Waals surface area contributed by atoms with Gasteiger partial charge in [-0.05, 0) is 49.6 Å². The second-order valence-electron chi connectivity index (χ2n) is 6.45. The van der Waals surface area contributed by atoms with Crippen molar-refractivity contribution in [3.8, 4) is 0 Å². The molecule has 3 aromatic rings. The van der Waals surface area contributed by atoms with Gasteiger partial charge in [0.1, 0.15) is 5.82 Å². The minimum absolute atomic E-state index is 0.237. The minimum Gasteiger partial charge on any atom is -0.373 e. The van der Waals surface area contributed by atoms with Crippen LogP contribution in [0.5, 0.6) is 0 Å². The Hall–Kier alpha value is -1.89. The van der Waals surface area contributed by atoms with Gasteiger partial charge in [-0.25, -0.2) is 0 Å². The molecule has 0 spiro atoms. The first kappa shape index (κ1) is 17.5. The third-order valence-electron chi connectivity index (χ3n) is 4.64. The van der Waals surface area contributed by atoms with Gasteiger partial charge >= 0.3 is 0 Å². The summed E-state index contributed by atoms with van der Waals surface area (Å²) in [6.07, 6.45) is 2.16. The van der Waals surface area contributed by atoms with E-state index in [0.717, 1.165) is 48.8 Å². The van der Waals surface area contributed by atoms with Gasteiger partial charge in [-0.2, -0.15) is 4.52 Å². The monoisotopic (exact) mass is 391 g/mol. The number of halogens is 2. The van der Waals surface area contributed by atoms with E-state index >= 15 is 0 Å². The summed E-state index contributed by atoms with van der Waals surface area (Å²) in [4.78, 5) is 2.28. The van der Waals surface area contributed by atoms with Crippen molar-refractivity contribution in [2.75, 3.05) is 18.0 Å². The lowest BCUT2D eigenvalue weighted by Gasteiger charge is -2.32. The molecule has 3 heterocycles. The van der Waals surface area contributed by atoms with Crippen molar-refractivity contribution in [2.24, 2.45) is 0 Å². The van der Waals surface area contributed by atoms with Crippen LogP contribution >= 0.6 is 23.2 Å². The van der Waals surface area contributed by atoms with E-state index < -0.39 is 0 Å². The minimum atomic E-state index is 0.237. The molecule has 0 amide bonds. The summed E-state index contributed by atoms with van der Waals surface area (Å²) in [5, 5.41) is 13.9. The number of benzene rings is 1. The van der Waals surface area contributed by atoms with Crippen molar-refractivity contribution < 1.29 is 4.74 Å². The van der Waals surface area contributed by atoms with Crippen LogP contribution in [0.3, 0.4) is 0 Å². The van der Waals surface area contributed by atoms with Gasteiger partial charge in [0, 0.05) is 13.1 Å². The standard InChI is InChI=1S/C18H19Cl2N5O/c1-12-21-22-17-4-5-18(23-25(12)17)24-8-6-14(7-9-24)26-11-13-2-3-15(19)16(20)10-13/h2-5,10,14H,6-9,11H2,1H3. The number of rotatable bonds is 4. The number of hydrogen-bond donors (Lipinski definition) is 0. The number of fused-ring (bicyclic) bond motifs is 1. The number of hydrogen-bond acceptors (Lipinski definition) is 5. The van der Waals surface area contributed by atoms with Gasteiger partial charge in [0.05, 0.1) is 22.8 Å². The number of aryl methyl sites for hydroxylation is 1. The molecule has 0 N–H and O–H groups in total. The summed E-state index contributed by atoms with van der Waals surface area (Å²) in [7, 11) is 0. The maximum absolute atomic E-state index is 6.05. The van der Waals surface area contributed by atoms with E-state index in [1.165, 1.54) is 0 Å². The molecule has 8 heteroatoms. The van der Waals surface area contributed by atoms with Crippen molar-refractivity contribution in [1.82, 2.24) is 19.8 Å². The van der Waals surface area contributed by atoms with Crippen molar-refractivity contribution in [2.45, 2.75) is 32.5 Å². The third kappa shape index (κ3) is 3.63. The maximum Gasteiger partial charge on any atom is 0.178 e. The van der Waals surface area contributed by atoms with Crippen LogP contribution in [0.15, 0.2) is 30.3 Å². The molecule has 0 atom stereocenters. The van der Waals surface area contributed by atoms with Crippen molar-refractivity contribution in [1.29, 1.82) is 0 Å². The number of nitrogens with zero attached hydrogens (tertiary/aromatic N) is 5. The zero-order valence-corrected chi connectivity index (χ0v) is 15.9. The molecule has 1 aliphatic rings. The van der Waals surface area contributed by atoms with E-state index in [9.17, 15) is 0 Å². The Bertz CT molecular complexity index is 921. The van der Waals surface area contributed by atoms with E-state index in [-0.39, 0.29) is 6.10 Å². The summed E-state index contributed by atoms with van der Waals surface area (Å²) >= 11 is 12.0. The molecule has 2 aromatic heterocycles. The normalized spacial score (nSPS) is 15.7. The Morgan fingerprint density at radius 3 is 2.65 bits per heavy atom. The number of anilines is 1. The highest BCUT2D eigenvalue weighted by Crippen LogP contribution is 2.24. The molecule has 26 heavy (non-hydrogen) atoms. The molecular formula is C18H19Cl2N5O. The van der Waals surface area contributed by atoms with E-state index in [4.69, 9.17) is 27.9 Å². The summed E-state index contributed by atoms with van der Waals surface area (Å²) in [6.45, 7) is 4.27. The largest absolute Gasteiger partial charge is 0.373 e. The average molecular weight is 392 g/mol. The van der Waals surface area contributed by atoms with Crippen molar-refractivity contribution in [3.63, 3.8) is 0 Å². The van der Waals surface area contributed by atoms with Crippen molar-refractivity contribution in [3.05, 3.63) is 51.8 Å². The lowest BCUT2D eigenvalue weighted by Crippen LogP contribution is -2.37. The fourth-order valence-electron chi connectivity index (χ4n) is 3.15. The van der Waals surface area contributed by atoms with Crippen molar-refractivity contribution >= 4 is 34.7 Å². The second-order valence-corrected chi connectivity index (χ2v) is 7.27. The number of ether oxygens (including phenoxy) is 1. The molecule has 6 nitrogen and oxygen atoms in total. The predicted octanol–water partition coefficient (Wildman–Crippen LogP) is 3.93. The molecule has 1 fully saturated rings. The molecule has 1 aromatic carbocycles. The zero-order valence-electron chi connectivity index (χ0n) is 14.4. The van der Waals surface area contributed by atoms with Crippen LogP contribution in [0.1, 0.15) is 24.2 Å². The molecule has 1 aliphatic heterocycles. The number of aromatic nitrogens is 4. The van der Waals surface area contributed by atoms with Crippen LogP contribution in [0.4, 0.5) is 5.82 Å². The zero-order chi connectivity index (χ0) is 18.1. The van der Waals surface area contributed by atoms with Gasteiger partial charge in [0.15, 0.2) is 11.5 Å². The first-order valence-corrected chi connectivity index (χ1v) is 9.35. The highest BCUT2D eigenvalue weighted by atomic mass is 35.5. The maximum atomic E-state index is 6.05. The fraction of sp³-hybridized carbons (Fsp3) is 0.389. The Morgan fingerprint density at radius 2 is 1.88 bits per heavy atom. The Balaban J connectivity index is 1.34. The molecule has 0 aliphatic carbocycles. The Morgan fingerprint density at radius 1 is 1.08 bits per heavy atom. The van der Waals surface area contributed by atoms with Crippen LogP contribution in [0, 0.1) is 6.92 Å². The molecular weight excluding hydrogens is 373 g/mol. The smallest absolute Gasteiger partial charge is 0.178 e. The number of piperidine rings is 1. The van der Waals surface area contributed by atoms with Gasteiger partial charge in [-0.15, -0.1) is 15.3 Å². The van der Waals surface area contributed by atoms with Gasteiger partial charge < -0.3 is 9.64 Å². The lowest BCUT2D eigenvalue weighted by atomic mass is 10.1. The van der Waals surface area contributed by atoms with Crippen LogP contribution < -0.4 is 4.90 Å². The Labute approximate surface area is 161 Å². The van der Waals surface area contributed by atoms with E-state index in [1.54, 1.807) is 10.6 Å². The van der Waals surface area contributed by atoms with Gasteiger partial charge in [-0.3, -0.25) is 0 Å². The molecule has 0 radical (unpaired) electrons. The summed E-state index contributed by atoms with van der Waals surface area (Å²) in [5.74, 6) is 1.74. The average Bonchev–Trinajstić information content (AvgIpc) is 3.04. The third-order valence-corrected chi connectivity index (χ3v) is 5.38. The van der Waals surface area contributed by atoms with Crippen LogP contribution in [-0.2, 0) is 11.3 Å². The van der Waals surface area contributed by atoms with Crippen LogP contribution in [-0.4, -0.2) is 39.0 Å². The van der Waals surface area contributed by atoms with Crippen LogP contribution in [0.2, 0.25) is 10.0 Å². The molecule has 0 unspecified atom stereocenters. The highest BCUT2D eigenvalue weighted by Gasteiger charge is 2.21. The van der Waals surface area contributed by atoms with E-state index in [0.29, 0.717) is 16.7 Å². The summed E-state index contributed by atoms with van der Waals surface area (Å²) < 4.78 is 7.83. The van der Waals surface area contributed by atoms with Gasteiger partial charge in [0.2, 0.25) is 0 Å². The molecule has 1 saturated heterocycles. The topological polar surface area (TPSA) is 55.5 Å². The fourth-order valence-corrected chi connectivity index (χ4v) is 3.47. The van der Waals surface area contributed by atoms with Gasteiger partial charge in [0.25, 0.3) is 0 Å². The second kappa shape index (κ2) is 7.39. The first-order valence-electron chi connectivity index (χ1n) is 8.60. The molecule has 0 saturated carbocycles. The Kier molecular flexibility index (Phi) is 4.98. The van der Waals surface area contributed by atoms with E-state index in [2.05, 4.69) is 20.2 Å².